The van der Waals surface area contributed by atoms with Crippen LogP contribution in [0.2, 0.25) is 0 Å². The summed E-state index contributed by atoms with van der Waals surface area (Å²) < 4.78 is 26.1. The van der Waals surface area contributed by atoms with E-state index in [9.17, 15) is 8.42 Å². The van der Waals surface area contributed by atoms with Crippen molar-refractivity contribution in [3.8, 4) is 22.3 Å². The average Bonchev–Trinajstić information content (AvgIpc) is 4.27. The van der Waals surface area contributed by atoms with Gasteiger partial charge in [0.2, 0.25) is 10.0 Å². The Morgan fingerprint density at radius 3 is 1.40 bits per heavy atom. The van der Waals surface area contributed by atoms with Gasteiger partial charge in [0.05, 0.1) is 52.5 Å². The molecule has 0 amide bonds. The van der Waals surface area contributed by atoms with Crippen LogP contribution in [0.5, 0.6) is 0 Å². The van der Waals surface area contributed by atoms with Crippen LogP contribution in [0.4, 0.5) is 11.6 Å². The van der Waals surface area contributed by atoms with Crippen LogP contribution in [0, 0.1) is 0 Å². The number of sulfonamides is 1. The van der Waals surface area contributed by atoms with Crippen molar-refractivity contribution < 1.29 is 8.42 Å². The van der Waals surface area contributed by atoms with E-state index in [4.69, 9.17) is 25.7 Å². The lowest BCUT2D eigenvalue weighted by Gasteiger charge is -2.18. The molecular weight excluding hydrogens is 793 g/mol. The van der Waals surface area contributed by atoms with E-state index < -0.39 is 10.0 Å². The van der Waals surface area contributed by atoms with Gasteiger partial charge in [-0.15, -0.1) is 0 Å². The van der Waals surface area contributed by atoms with Crippen molar-refractivity contribution in [3.63, 3.8) is 0 Å². The Hall–Kier alpha value is -6.67. The minimum absolute atomic E-state index is 0.0711. The fourth-order valence-corrected chi connectivity index (χ4v) is 8.27. The number of hydrogen-bond acceptors (Lipinski definition) is 11. The molecule has 0 spiro atoms. The zero-order valence-electron chi connectivity index (χ0n) is 34.5. The Morgan fingerprint density at radius 1 is 0.548 bits per heavy atom. The maximum atomic E-state index is 11.7. The summed E-state index contributed by atoms with van der Waals surface area (Å²) in [5.41, 5.74) is 13.7. The first-order valence-corrected chi connectivity index (χ1v) is 22.8. The summed E-state index contributed by atoms with van der Waals surface area (Å²) in [5, 5.41) is 8.97. The van der Waals surface area contributed by atoms with Crippen molar-refractivity contribution in [1.29, 1.82) is 0 Å². The maximum Gasteiger partial charge on any atom is 0.208 e. The number of anilines is 2. The van der Waals surface area contributed by atoms with Gasteiger partial charge in [0, 0.05) is 36.3 Å². The summed E-state index contributed by atoms with van der Waals surface area (Å²) in [6.45, 7) is 2.00. The van der Waals surface area contributed by atoms with Gasteiger partial charge in [-0.2, -0.15) is 0 Å². The molecule has 5 N–H and O–H groups in total. The van der Waals surface area contributed by atoms with Gasteiger partial charge in [0.25, 0.3) is 0 Å². The van der Waals surface area contributed by atoms with Crippen LogP contribution in [0.1, 0.15) is 48.7 Å². The SMILES string of the molecule is CS(=O)(=O)NCC1(c2nc(NCc3ccccn3)c3c(-c4ccccc4)cccc3n2)CC1.NCC1(c2nc(NCc3ccccn3)c3c(-c4ccccc4)cccc3n2)CC1. The third-order valence-electron chi connectivity index (χ3n) is 11.7. The number of pyridine rings is 2. The van der Waals surface area contributed by atoms with E-state index in [0.29, 0.717) is 32.0 Å². The van der Waals surface area contributed by atoms with Gasteiger partial charge >= 0.3 is 0 Å². The van der Waals surface area contributed by atoms with Crippen LogP contribution in [0.15, 0.2) is 146 Å². The molecule has 0 atom stereocenters. The Bertz CT molecular complexity index is 2930. The van der Waals surface area contributed by atoms with Crippen LogP contribution in [-0.2, 0) is 33.9 Å². The highest BCUT2D eigenvalue weighted by Crippen LogP contribution is 2.48. The second-order valence-corrected chi connectivity index (χ2v) is 18.0. The largest absolute Gasteiger partial charge is 0.364 e. The molecule has 312 valence electrons. The molecule has 2 aliphatic carbocycles. The summed E-state index contributed by atoms with van der Waals surface area (Å²) in [4.78, 5) is 28.6. The third kappa shape index (κ3) is 9.01. The zero-order chi connectivity index (χ0) is 42.6. The molecule has 4 aromatic heterocycles. The molecule has 0 aliphatic heterocycles. The predicted octanol–water partition coefficient (Wildman–Crippen LogP) is 8.18. The summed E-state index contributed by atoms with van der Waals surface area (Å²) in [6, 6.07) is 44.6. The number of nitrogens with zero attached hydrogens (tertiary/aromatic N) is 6. The Labute approximate surface area is 361 Å². The summed E-state index contributed by atoms with van der Waals surface area (Å²) in [7, 11) is -3.30. The molecule has 4 aromatic carbocycles. The molecule has 2 saturated carbocycles. The quantitative estimate of drug-likeness (QED) is 0.0832. The lowest BCUT2D eigenvalue weighted by Crippen LogP contribution is -2.32. The fraction of sp³-hybridized carbons (Fsp3) is 0.224. The molecule has 0 saturated heterocycles. The minimum atomic E-state index is -3.30. The smallest absolute Gasteiger partial charge is 0.208 e. The Morgan fingerprint density at radius 2 is 1.00 bits per heavy atom. The lowest BCUT2D eigenvalue weighted by atomic mass is 10.00. The number of benzene rings is 4. The number of nitrogens with one attached hydrogen (secondary N) is 3. The van der Waals surface area contributed by atoms with Crippen molar-refractivity contribution in [2.24, 2.45) is 5.73 Å². The molecule has 0 radical (unpaired) electrons. The van der Waals surface area contributed by atoms with E-state index in [1.807, 2.05) is 79.0 Å². The highest BCUT2D eigenvalue weighted by molar-refractivity contribution is 7.88. The Balaban J connectivity index is 0.000000159. The summed E-state index contributed by atoms with van der Waals surface area (Å²) >= 11 is 0. The van der Waals surface area contributed by atoms with Crippen LogP contribution in [0.3, 0.4) is 0 Å². The average molecular weight is 841 g/mol. The van der Waals surface area contributed by atoms with Crippen molar-refractivity contribution >= 4 is 43.5 Å². The highest BCUT2D eigenvalue weighted by atomic mass is 32.2. The van der Waals surface area contributed by atoms with Crippen molar-refractivity contribution in [1.82, 2.24) is 34.6 Å². The van der Waals surface area contributed by atoms with Crippen LogP contribution >= 0.6 is 0 Å². The first-order valence-electron chi connectivity index (χ1n) is 20.9. The van der Waals surface area contributed by atoms with Crippen LogP contribution < -0.4 is 21.1 Å². The standard InChI is InChI=1S/C25H25N5O2S.C24H23N5/c1-33(31,32)28-17-25(13-14-25)24-29-21-12-7-11-20(18-8-3-2-4-9-18)22(21)23(30-24)27-16-19-10-5-6-15-26-19;25-16-24(12-13-24)23-28-20-11-6-10-19(17-7-2-1-3-8-17)21(20)22(29-23)27-15-18-9-4-5-14-26-18/h2-12,15,28H,13-14,16-17H2,1H3,(H,27,29,30);1-11,14H,12-13,15-16,25H2,(H,27,28,29). The monoisotopic (exact) mass is 840 g/mol. The van der Waals surface area contributed by atoms with E-state index in [-0.39, 0.29) is 10.8 Å². The second kappa shape index (κ2) is 17.4. The number of aromatic nitrogens is 6. The van der Waals surface area contributed by atoms with Crippen LogP contribution in [-0.4, -0.2) is 57.7 Å². The molecule has 13 heteroatoms. The van der Waals surface area contributed by atoms with Crippen molar-refractivity contribution in [3.05, 3.63) is 169 Å². The molecule has 4 heterocycles. The molecule has 2 fully saturated rings. The van der Waals surface area contributed by atoms with Crippen molar-refractivity contribution in [2.45, 2.75) is 49.6 Å². The molecule has 2 aliphatic rings. The summed E-state index contributed by atoms with van der Waals surface area (Å²) in [6.07, 6.45) is 8.55. The minimum Gasteiger partial charge on any atom is -0.364 e. The van der Waals surface area contributed by atoms with Gasteiger partial charge in [-0.05, 0) is 84.3 Å². The molecule has 10 rings (SSSR count). The normalized spacial score (nSPS) is 14.7. The number of nitrogens with two attached hydrogens (primary N) is 1. The van der Waals surface area contributed by atoms with Crippen LogP contribution in [0.25, 0.3) is 44.1 Å². The maximum absolute atomic E-state index is 11.7. The second-order valence-electron chi connectivity index (χ2n) is 16.1. The first kappa shape index (κ1) is 40.7. The van der Waals surface area contributed by atoms with E-state index in [2.05, 4.69) is 86.0 Å². The topological polar surface area (TPSA) is 174 Å². The van der Waals surface area contributed by atoms with Crippen molar-refractivity contribution in [2.75, 3.05) is 30.0 Å². The molecule has 8 aromatic rings. The molecular formula is C49H48N10O2S. The van der Waals surface area contributed by atoms with Gasteiger partial charge in [-0.1, -0.05) is 97.1 Å². The van der Waals surface area contributed by atoms with Gasteiger partial charge in [0.1, 0.15) is 23.3 Å². The molecule has 0 unspecified atom stereocenters. The summed E-state index contributed by atoms with van der Waals surface area (Å²) in [5.74, 6) is 3.08. The lowest BCUT2D eigenvalue weighted by molar-refractivity contribution is 0.565. The highest BCUT2D eigenvalue weighted by Gasteiger charge is 2.48. The van der Waals surface area contributed by atoms with E-state index in [0.717, 1.165) is 98.6 Å². The first-order chi connectivity index (χ1) is 30.2. The fourth-order valence-electron chi connectivity index (χ4n) is 7.74. The number of fused-ring (bicyclic) bond motifs is 2. The number of hydrogen-bond donors (Lipinski definition) is 4. The third-order valence-corrected chi connectivity index (χ3v) is 12.3. The van der Waals surface area contributed by atoms with E-state index >= 15 is 0 Å². The number of rotatable bonds is 14. The van der Waals surface area contributed by atoms with E-state index in [1.165, 1.54) is 6.26 Å². The van der Waals surface area contributed by atoms with E-state index in [1.54, 1.807) is 6.20 Å². The van der Waals surface area contributed by atoms with Gasteiger partial charge in [0.15, 0.2) is 0 Å². The predicted molar refractivity (Wildman–Crippen MR) is 247 cm³/mol. The zero-order valence-corrected chi connectivity index (χ0v) is 35.3. The Kier molecular flexibility index (Phi) is 11.4. The molecule has 12 nitrogen and oxygen atoms in total. The molecule has 0 bridgehead atoms. The van der Waals surface area contributed by atoms with Gasteiger partial charge in [-0.25, -0.2) is 33.1 Å². The van der Waals surface area contributed by atoms with Gasteiger partial charge in [-0.3, -0.25) is 9.97 Å². The van der Waals surface area contributed by atoms with Gasteiger partial charge < -0.3 is 16.4 Å². The molecule has 62 heavy (non-hydrogen) atoms.